The Morgan fingerprint density at radius 2 is 1.73 bits per heavy atom. The van der Waals surface area contributed by atoms with E-state index in [1.165, 1.54) is 0 Å². The summed E-state index contributed by atoms with van der Waals surface area (Å²) in [7, 11) is 0. The van der Waals surface area contributed by atoms with Gasteiger partial charge in [-0.1, -0.05) is 40.9 Å². The molecule has 0 aliphatic heterocycles. The van der Waals surface area contributed by atoms with Crippen molar-refractivity contribution in [3.63, 3.8) is 0 Å². The summed E-state index contributed by atoms with van der Waals surface area (Å²) < 4.78 is -1.15. The van der Waals surface area contributed by atoms with Crippen molar-refractivity contribution in [2.24, 2.45) is 0 Å². The van der Waals surface area contributed by atoms with Gasteiger partial charge in [-0.15, -0.1) is 6.58 Å². The summed E-state index contributed by atoms with van der Waals surface area (Å²) in [6.45, 7) is 3.39. The van der Waals surface area contributed by atoms with Crippen LogP contribution in [-0.2, 0) is 0 Å². The van der Waals surface area contributed by atoms with Gasteiger partial charge in [0.2, 0.25) is 0 Å². The van der Waals surface area contributed by atoms with Crippen LogP contribution in [0.25, 0.3) is 0 Å². The summed E-state index contributed by atoms with van der Waals surface area (Å²) >= 11 is 15.9. The van der Waals surface area contributed by atoms with Crippen LogP contribution < -0.4 is 0 Å². The fourth-order valence-electron chi connectivity index (χ4n) is 0.164. The van der Waals surface area contributed by atoms with E-state index >= 15 is 0 Å². The third-order valence-electron chi connectivity index (χ3n) is 0.376. The minimum absolute atomic E-state index is 0.400. The average molecular weight is 221 g/mol. The summed E-state index contributed by atoms with van der Waals surface area (Å²) in [5.74, 6) is 0. The van der Waals surface area contributed by atoms with E-state index in [-0.39, 0.29) is 0 Å². The number of carbonyl (C=O) groups is 1. The Balaban J connectivity index is 0. The third kappa shape index (κ3) is 40.8. The molecule has 0 fully saturated rings. The second-order valence-corrected chi connectivity index (χ2v) is 3.91. The predicted molar refractivity (Wildman–Crippen MR) is 45.8 cm³/mol. The normalized spacial score (nSPS) is 9.36. The van der Waals surface area contributed by atoms with E-state index in [1.54, 1.807) is 6.08 Å². The number of hydrogen-bond acceptors (Lipinski definition) is 1. The monoisotopic (exact) mass is 220 g/mol. The Kier molecular flexibility index (Phi) is 8.06. The first kappa shape index (κ1) is 13.5. The van der Waals surface area contributed by atoms with Crippen LogP contribution in [0.2, 0.25) is 0 Å². The van der Waals surface area contributed by atoms with Crippen molar-refractivity contribution < 1.29 is 15.0 Å². The summed E-state index contributed by atoms with van der Waals surface area (Å²) in [4.78, 5) is 8.56. The summed E-state index contributed by atoms with van der Waals surface area (Å²) in [6.07, 6.45) is 0.130. The van der Waals surface area contributed by atoms with Crippen molar-refractivity contribution in [3.8, 4) is 0 Å². The molecule has 0 aliphatic rings. The van der Waals surface area contributed by atoms with Crippen LogP contribution in [0.3, 0.4) is 0 Å². The Hall–Kier alpha value is -0.120. The lowest BCUT2D eigenvalue weighted by Gasteiger charge is -2.03. The van der Waals surface area contributed by atoms with Gasteiger partial charge in [0, 0.05) is 6.42 Å². The molecule has 0 bridgehead atoms. The van der Waals surface area contributed by atoms with Crippen LogP contribution in [0.5, 0.6) is 0 Å². The van der Waals surface area contributed by atoms with E-state index in [0.717, 1.165) is 0 Å². The molecule has 0 aromatic carbocycles. The molecular weight excluding hydrogens is 214 g/mol. The highest BCUT2D eigenvalue weighted by Gasteiger charge is 2.15. The van der Waals surface area contributed by atoms with Crippen LogP contribution in [0.15, 0.2) is 12.7 Å². The number of halogens is 3. The molecule has 0 spiro atoms. The average Bonchev–Trinajstić information content (AvgIpc) is 1.58. The van der Waals surface area contributed by atoms with Crippen LogP contribution in [0.4, 0.5) is 4.79 Å². The fourth-order valence-corrected chi connectivity index (χ4v) is 0.491. The molecule has 0 saturated carbocycles. The Bertz CT molecular complexity index is 125. The topological polar surface area (TPSA) is 57.5 Å². The molecule has 0 amide bonds. The first-order chi connectivity index (χ1) is 4.79. The lowest BCUT2D eigenvalue weighted by atomic mass is 10.5. The van der Waals surface area contributed by atoms with Crippen LogP contribution in [0.1, 0.15) is 6.42 Å². The molecule has 3 nitrogen and oxygen atoms in total. The molecule has 6 heteroatoms. The van der Waals surface area contributed by atoms with Crippen molar-refractivity contribution in [2.75, 3.05) is 0 Å². The highest BCUT2D eigenvalue weighted by molar-refractivity contribution is 6.67. The Labute approximate surface area is 79.2 Å². The molecule has 11 heavy (non-hydrogen) atoms. The van der Waals surface area contributed by atoms with Crippen LogP contribution >= 0.6 is 34.8 Å². The Morgan fingerprint density at radius 3 is 1.73 bits per heavy atom. The van der Waals surface area contributed by atoms with E-state index in [2.05, 4.69) is 6.58 Å². The molecular formula is C5H7Cl3O3. The van der Waals surface area contributed by atoms with Gasteiger partial charge < -0.3 is 10.2 Å². The molecule has 0 aromatic heterocycles. The number of allylic oxidation sites excluding steroid dienone is 1. The molecule has 0 radical (unpaired) electrons. The van der Waals surface area contributed by atoms with E-state index in [1.807, 2.05) is 0 Å². The molecule has 0 aliphatic carbocycles. The fraction of sp³-hybridized carbons (Fsp3) is 0.400. The van der Waals surface area contributed by atoms with Gasteiger partial charge in [0.05, 0.1) is 0 Å². The molecule has 0 saturated heterocycles. The van der Waals surface area contributed by atoms with Crippen molar-refractivity contribution in [1.29, 1.82) is 0 Å². The predicted octanol–water partition coefficient (Wildman–Crippen LogP) is 3.16. The van der Waals surface area contributed by atoms with E-state index in [4.69, 9.17) is 49.8 Å². The van der Waals surface area contributed by atoms with Gasteiger partial charge in [0.1, 0.15) is 0 Å². The Morgan fingerprint density at radius 1 is 1.45 bits per heavy atom. The standard InChI is InChI=1S/C4H5Cl3.CH2O3/c1-2-3-4(5,6)7;2-1(3)4/h2H,1,3H2;(H2,2,3,4). The quantitative estimate of drug-likeness (QED) is 0.528. The van der Waals surface area contributed by atoms with E-state index in [9.17, 15) is 0 Å². The highest BCUT2D eigenvalue weighted by atomic mass is 35.6. The molecule has 0 atom stereocenters. The summed E-state index contributed by atoms with van der Waals surface area (Å²) in [5, 5.41) is 13.9. The van der Waals surface area contributed by atoms with Gasteiger partial charge in [-0.2, -0.15) is 0 Å². The van der Waals surface area contributed by atoms with Crippen LogP contribution in [-0.4, -0.2) is 20.2 Å². The van der Waals surface area contributed by atoms with Gasteiger partial charge in [0.25, 0.3) is 0 Å². The zero-order chi connectivity index (χ0) is 9.49. The van der Waals surface area contributed by atoms with Crippen LogP contribution in [0, 0.1) is 0 Å². The second kappa shape index (κ2) is 6.58. The zero-order valence-corrected chi connectivity index (χ0v) is 7.70. The first-order valence-electron chi connectivity index (χ1n) is 2.39. The van der Waals surface area contributed by atoms with Gasteiger partial charge >= 0.3 is 6.16 Å². The maximum Gasteiger partial charge on any atom is 0.503 e. The summed E-state index contributed by atoms with van der Waals surface area (Å²) in [6, 6.07) is 0. The van der Waals surface area contributed by atoms with Crippen molar-refractivity contribution in [1.82, 2.24) is 0 Å². The van der Waals surface area contributed by atoms with Crippen molar-refractivity contribution >= 4 is 41.0 Å². The number of rotatable bonds is 1. The maximum atomic E-state index is 8.56. The minimum atomic E-state index is -1.83. The van der Waals surface area contributed by atoms with Crippen molar-refractivity contribution in [3.05, 3.63) is 12.7 Å². The van der Waals surface area contributed by atoms with E-state index in [0.29, 0.717) is 6.42 Å². The molecule has 0 heterocycles. The third-order valence-corrected chi connectivity index (χ3v) is 0.839. The van der Waals surface area contributed by atoms with Gasteiger partial charge in [-0.3, -0.25) is 0 Å². The van der Waals surface area contributed by atoms with E-state index < -0.39 is 9.95 Å². The number of hydrogen-bond donors (Lipinski definition) is 2. The lowest BCUT2D eigenvalue weighted by molar-refractivity contribution is 0.137. The van der Waals surface area contributed by atoms with Gasteiger partial charge in [-0.25, -0.2) is 4.79 Å². The largest absolute Gasteiger partial charge is 0.503 e. The molecule has 2 N–H and O–H groups in total. The van der Waals surface area contributed by atoms with Gasteiger partial charge in [0.15, 0.2) is 3.79 Å². The van der Waals surface area contributed by atoms with Crippen molar-refractivity contribution in [2.45, 2.75) is 10.2 Å². The lowest BCUT2D eigenvalue weighted by Crippen LogP contribution is -1.97. The minimum Gasteiger partial charge on any atom is -0.450 e. The number of carboxylic acid groups (broad SMARTS) is 2. The molecule has 66 valence electrons. The SMILES string of the molecule is C=CCC(Cl)(Cl)Cl.O=C(O)O. The molecule has 0 aromatic rings. The maximum absolute atomic E-state index is 8.56. The molecule has 0 rings (SSSR count). The summed E-state index contributed by atoms with van der Waals surface area (Å²) in [5.41, 5.74) is 0. The molecule has 0 unspecified atom stereocenters. The van der Waals surface area contributed by atoms with Gasteiger partial charge in [-0.05, 0) is 0 Å². The first-order valence-corrected chi connectivity index (χ1v) is 3.52. The zero-order valence-electron chi connectivity index (χ0n) is 5.43. The second-order valence-electron chi connectivity index (χ2n) is 1.39. The highest BCUT2D eigenvalue weighted by Crippen LogP contribution is 2.29. The smallest absolute Gasteiger partial charge is 0.450 e. The number of alkyl halides is 3.